The molecule has 6 nitrogen and oxygen atoms in total. The molecule has 6 rings (SSSR count). The Morgan fingerprint density at radius 1 is 0.688 bits per heavy atom. The van der Waals surface area contributed by atoms with E-state index in [0.29, 0.717) is 23.1 Å². The highest BCUT2D eigenvalue weighted by Gasteiger charge is 2.13. The van der Waals surface area contributed by atoms with Crippen molar-refractivity contribution in [2.75, 3.05) is 0 Å². The van der Waals surface area contributed by atoms with E-state index >= 15 is 0 Å². The van der Waals surface area contributed by atoms with Crippen molar-refractivity contribution in [3.8, 4) is 23.1 Å². The molecule has 3 aromatic heterocycles. The van der Waals surface area contributed by atoms with Crippen molar-refractivity contribution >= 4 is 27.3 Å². The van der Waals surface area contributed by atoms with Gasteiger partial charge < -0.3 is 9.47 Å². The maximum Gasteiger partial charge on any atom is 0.219 e. The molecule has 0 N–H and O–H groups in total. The zero-order valence-electron chi connectivity index (χ0n) is 17.3. The fourth-order valence-electron chi connectivity index (χ4n) is 3.92. The Bertz CT molecular complexity index is 1590. The third-order valence-corrected chi connectivity index (χ3v) is 5.27. The van der Waals surface area contributed by atoms with Crippen LogP contribution in [0.5, 0.6) is 23.1 Å². The first kappa shape index (κ1) is 18.3. The number of hydrogen-bond acceptors (Lipinski definition) is 5. The normalized spacial score (nSPS) is 11.3. The lowest BCUT2D eigenvalue weighted by atomic mass is 10.1. The van der Waals surface area contributed by atoms with E-state index in [1.807, 2.05) is 78.2 Å². The molecule has 32 heavy (non-hydrogen) atoms. The lowest BCUT2D eigenvalue weighted by Gasteiger charge is -2.11. The summed E-state index contributed by atoms with van der Waals surface area (Å²) in [4.78, 5) is 8.87. The third-order valence-electron chi connectivity index (χ3n) is 5.27. The Kier molecular flexibility index (Phi) is 4.21. The third kappa shape index (κ3) is 3.18. The highest BCUT2D eigenvalue weighted by atomic mass is 16.5. The van der Waals surface area contributed by atoms with E-state index < -0.39 is 0 Å². The van der Waals surface area contributed by atoms with Gasteiger partial charge in [0, 0.05) is 29.1 Å². The van der Waals surface area contributed by atoms with Crippen molar-refractivity contribution in [1.82, 2.24) is 19.6 Å². The largest absolute Gasteiger partial charge is 0.457 e. The first-order valence-corrected chi connectivity index (χ1v) is 10.3. The quantitative estimate of drug-likeness (QED) is 0.313. The molecule has 0 saturated carbocycles. The summed E-state index contributed by atoms with van der Waals surface area (Å²) in [5, 5.41) is 7.82. The zero-order chi connectivity index (χ0) is 21.5. The molecule has 0 aliphatic rings. The van der Waals surface area contributed by atoms with Gasteiger partial charge in [0.25, 0.3) is 0 Å². The van der Waals surface area contributed by atoms with Crippen LogP contribution in [-0.4, -0.2) is 19.6 Å². The van der Waals surface area contributed by atoms with Crippen LogP contribution >= 0.6 is 0 Å². The predicted octanol–water partition coefficient (Wildman–Crippen LogP) is 6.32. The van der Waals surface area contributed by atoms with Crippen LogP contribution in [-0.2, 0) is 0 Å². The number of ether oxygens (including phenoxy) is 2. The molecule has 0 saturated heterocycles. The summed E-state index contributed by atoms with van der Waals surface area (Å²) in [6.07, 6.45) is 1.70. The predicted molar refractivity (Wildman–Crippen MR) is 124 cm³/mol. The Morgan fingerprint density at radius 3 is 2.38 bits per heavy atom. The van der Waals surface area contributed by atoms with Gasteiger partial charge in [-0.25, -0.2) is 14.5 Å². The second-order valence-corrected chi connectivity index (χ2v) is 7.47. The van der Waals surface area contributed by atoms with Crippen LogP contribution < -0.4 is 9.47 Å². The number of para-hydroxylation sites is 1. The monoisotopic (exact) mass is 418 g/mol. The molecule has 0 aliphatic carbocycles. The number of aromatic nitrogens is 4. The van der Waals surface area contributed by atoms with Crippen LogP contribution in [0.1, 0.15) is 5.82 Å². The van der Waals surface area contributed by atoms with E-state index in [0.717, 1.165) is 33.1 Å². The molecule has 154 valence electrons. The average molecular weight is 418 g/mol. The molecule has 0 aliphatic heterocycles. The van der Waals surface area contributed by atoms with Gasteiger partial charge in [-0.1, -0.05) is 30.3 Å². The summed E-state index contributed by atoms with van der Waals surface area (Å²) in [7, 11) is 0. The molecule has 0 spiro atoms. The summed E-state index contributed by atoms with van der Waals surface area (Å²) in [5.74, 6) is 3.31. The maximum atomic E-state index is 6.17. The standard InChI is InChI=1S/C26H18N4O2/c1-17-28-26-23-16-20(12-13-21(23)22-9-2-3-10-24(22)30(26)29-17)31-18-7-6-8-19(15-18)32-25-11-4-5-14-27-25/h2-16H,1H3. The topological polar surface area (TPSA) is 61.5 Å². The summed E-state index contributed by atoms with van der Waals surface area (Å²) >= 11 is 0. The number of benzene rings is 3. The number of fused-ring (bicyclic) bond motifs is 6. The molecule has 3 heterocycles. The second-order valence-electron chi connectivity index (χ2n) is 7.47. The number of pyridine rings is 2. The maximum absolute atomic E-state index is 6.17. The summed E-state index contributed by atoms with van der Waals surface area (Å²) < 4.78 is 13.9. The van der Waals surface area contributed by atoms with Gasteiger partial charge in [-0.05, 0) is 54.8 Å². The Hall–Kier alpha value is -4.45. The fraction of sp³-hybridized carbons (Fsp3) is 0.0385. The van der Waals surface area contributed by atoms with E-state index in [4.69, 9.17) is 9.47 Å². The van der Waals surface area contributed by atoms with Crippen LogP contribution in [0.2, 0.25) is 0 Å². The molecular formula is C26H18N4O2. The summed E-state index contributed by atoms with van der Waals surface area (Å²) in [5.41, 5.74) is 1.84. The summed E-state index contributed by atoms with van der Waals surface area (Å²) in [6.45, 7) is 1.90. The van der Waals surface area contributed by atoms with Gasteiger partial charge in [0.2, 0.25) is 5.88 Å². The van der Waals surface area contributed by atoms with Gasteiger partial charge in [0.05, 0.1) is 5.52 Å². The smallest absolute Gasteiger partial charge is 0.219 e. The minimum Gasteiger partial charge on any atom is -0.457 e. The highest BCUT2D eigenvalue weighted by molar-refractivity contribution is 6.11. The Labute approximate surface area is 183 Å². The van der Waals surface area contributed by atoms with Crippen molar-refractivity contribution in [1.29, 1.82) is 0 Å². The van der Waals surface area contributed by atoms with Gasteiger partial charge in [0.15, 0.2) is 5.65 Å². The minimum atomic E-state index is 0.534. The first-order valence-electron chi connectivity index (χ1n) is 10.3. The van der Waals surface area contributed by atoms with Gasteiger partial charge in [-0.15, -0.1) is 0 Å². The molecule has 0 unspecified atom stereocenters. The number of rotatable bonds is 4. The highest BCUT2D eigenvalue weighted by Crippen LogP contribution is 2.34. The molecular weight excluding hydrogens is 400 g/mol. The molecule has 0 radical (unpaired) electrons. The Morgan fingerprint density at radius 2 is 1.50 bits per heavy atom. The number of aryl methyl sites for hydroxylation is 1. The zero-order valence-corrected chi connectivity index (χ0v) is 17.3. The van der Waals surface area contributed by atoms with E-state index in [9.17, 15) is 0 Å². The molecule has 6 aromatic rings. The van der Waals surface area contributed by atoms with Crippen LogP contribution in [0.25, 0.3) is 27.3 Å². The molecule has 0 atom stereocenters. The van der Waals surface area contributed by atoms with Gasteiger partial charge >= 0.3 is 0 Å². The molecule has 3 aromatic carbocycles. The van der Waals surface area contributed by atoms with Crippen molar-refractivity contribution in [3.05, 3.63) is 97.0 Å². The summed E-state index contributed by atoms with van der Waals surface area (Å²) in [6, 6.07) is 27.3. The van der Waals surface area contributed by atoms with Crippen molar-refractivity contribution < 1.29 is 9.47 Å². The average Bonchev–Trinajstić information content (AvgIpc) is 3.22. The van der Waals surface area contributed by atoms with Crippen molar-refractivity contribution in [2.24, 2.45) is 0 Å². The van der Waals surface area contributed by atoms with Crippen LogP contribution in [0.3, 0.4) is 0 Å². The van der Waals surface area contributed by atoms with Gasteiger partial charge in [-0.3, -0.25) is 0 Å². The minimum absolute atomic E-state index is 0.534. The van der Waals surface area contributed by atoms with Gasteiger partial charge in [0.1, 0.15) is 23.1 Å². The number of nitrogens with zero attached hydrogens (tertiary/aromatic N) is 4. The molecule has 6 heteroatoms. The Balaban J connectivity index is 1.41. The van der Waals surface area contributed by atoms with Gasteiger partial charge in [-0.2, -0.15) is 5.10 Å². The van der Waals surface area contributed by atoms with Crippen molar-refractivity contribution in [3.63, 3.8) is 0 Å². The number of hydrogen-bond donors (Lipinski definition) is 0. The van der Waals surface area contributed by atoms with Crippen LogP contribution in [0, 0.1) is 6.92 Å². The van der Waals surface area contributed by atoms with Crippen LogP contribution in [0.15, 0.2) is 91.1 Å². The van der Waals surface area contributed by atoms with Crippen LogP contribution in [0.4, 0.5) is 0 Å². The van der Waals surface area contributed by atoms with E-state index in [1.165, 1.54) is 0 Å². The first-order chi connectivity index (χ1) is 15.7. The SMILES string of the molecule is Cc1nc2c3cc(Oc4cccc(Oc5ccccn5)c4)ccc3c3ccccc3n2n1. The molecule has 0 fully saturated rings. The molecule has 0 amide bonds. The van der Waals surface area contributed by atoms with E-state index in [-0.39, 0.29) is 0 Å². The lowest BCUT2D eigenvalue weighted by Crippen LogP contribution is -1.93. The molecule has 0 bridgehead atoms. The van der Waals surface area contributed by atoms with E-state index in [1.54, 1.807) is 6.20 Å². The van der Waals surface area contributed by atoms with E-state index in [2.05, 4.69) is 33.3 Å². The second kappa shape index (κ2) is 7.35. The van der Waals surface area contributed by atoms with Crippen molar-refractivity contribution in [2.45, 2.75) is 6.92 Å². The lowest BCUT2D eigenvalue weighted by molar-refractivity contribution is 0.449. The fourth-order valence-corrected chi connectivity index (χ4v) is 3.92.